The fourth-order valence-electron chi connectivity index (χ4n) is 3.00. The number of nitrogens with one attached hydrogen (secondary N) is 1. The van der Waals surface area contributed by atoms with Gasteiger partial charge in [-0.05, 0) is 18.2 Å². The number of nitro benzene ring substituents is 1. The average molecular weight is 423 g/mol. The SMILES string of the molecule is O=C(Nc1nc2cc3c(cc2s1)OCCO3)c1ccn(-c2ccc([N+](=O)[O-])cc2)n1. The van der Waals surface area contributed by atoms with Gasteiger partial charge in [0.25, 0.3) is 11.6 Å². The van der Waals surface area contributed by atoms with E-state index >= 15 is 0 Å². The number of rotatable bonds is 4. The fraction of sp³-hybridized carbons (Fsp3) is 0.105. The van der Waals surface area contributed by atoms with E-state index in [1.165, 1.54) is 28.2 Å². The molecule has 10 nitrogen and oxygen atoms in total. The van der Waals surface area contributed by atoms with Crippen LogP contribution in [0.4, 0.5) is 10.8 Å². The van der Waals surface area contributed by atoms with Crippen LogP contribution in [0.1, 0.15) is 10.5 Å². The first-order chi connectivity index (χ1) is 14.6. The van der Waals surface area contributed by atoms with Crippen molar-refractivity contribution in [2.45, 2.75) is 0 Å². The van der Waals surface area contributed by atoms with E-state index in [0.29, 0.717) is 41.0 Å². The Morgan fingerprint density at radius 3 is 2.60 bits per heavy atom. The van der Waals surface area contributed by atoms with Crippen molar-refractivity contribution >= 4 is 38.3 Å². The number of thiazole rings is 1. The second kappa shape index (κ2) is 7.12. The smallest absolute Gasteiger partial charge is 0.277 e. The Hall–Kier alpha value is -3.99. The molecule has 11 heteroatoms. The van der Waals surface area contributed by atoms with Gasteiger partial charge < -0.3 is 9.47 Å². The number of anilines is 1. The molecule has 0 unspecified atom stereocenters. The summed E-state index contributed by atoms with van der Waals surface area (Å²) in [6.45, 7) is 0.988. The average Bonchev–Trinajstić information content (AvgIpc) is 3.38. The predicted molar refractivity (Wildman–Crippen MR) is 109 cm³/mol. The van der Waals surface area contributed by atoms with Gasteiger partial charge in [0.1, 0.15) is 13.2 Å². The third-order valence-electron chi connectivity index (χ3n) is 4.42. The minimum atomic E-state index is -0.474. The highest BCUT2D eigenvalue weighted by atomic mass is 32.1. The molecule has 0 saturated heterocycles. The maximum absolute atomic E-state index is 12.6. The molecule has 1 aliphatic rings. The molecule has 1 N–H and O–H groups in total. The summed E-state index contributed by atoms with van der Waals surface area (Å²) < 4.78 is 13.5. The van der Waals surface area contributed by atoms with E-state index in [-0.39, 0.29) is 11.4 Å². The molecular formula is C19H13N5O5S. The number of non-ortho nitro benzene ring substituents is 1. The zero-order chi connectivity index (χ0) is 20.7. The number of fused-ring (bicyclic) bond motifs is 2. The van der Waals surface area contributed by atoms with Crippen molar-refractivity contribution in [3.05, 3.63) is 64.5 Å². The monoisotopic (exact) mass is 423 g/mol. The Morgan fingerprint density at radius 2 is 1.87 bits per heavy atom. The molecule has 2 aromatic heterocycles. The highest BCUT2D eigenvalue weighted by molar-refractivity contribution is 7.22. The van der Waals surface area contributed by atoms with Gasteiger partial charge in [-0.25, -0.2) is 9.67 Å². The number of ether oxygens (including phenoxy) is 2. The zero-order valence-electron chi connectivity index (χ0n) is 15.3. The first-order valence-corrected chi connectivity index (χ1v) is 9.70. The van der Waals surface area contributed by atoms with Crippen LogP contribution in [0.25, 0.3) is 15.9 Å². The molecule has 5 rings (SSSR count). The van der Waals surface area contributed by atoms with Gasteiger partial charge in [-0.2, -0.15) is 5.10 Å². The van der Waals surface area contributed by atoms with Gasteiger partial charge in [-0.1, -0.05) is 11.3 Å². The molecule has 1 aliphatic heterocycles. The van der Waals surface area contributed by atoms with Crippen LogP contribution in [0, 0.1) is 10.1 Å². The lowest BCUT2D eigenvalue weighted by Gasteiger charge is -2.17. The van der Waals surface area contributed by atoms with Crippen LogP contribution in [-0.2, 0) is 0 Å². The molecule has 0 radical (unpaired) electrons. The van der Waals surface area contributed by atoms with E-state index in [2.05, 4.69) is 15.4 Å². The summed E-state index contributed by atoms with van der Waals surface area (Å²) in [6, 6.07) is 11.1. The van der Waals surface area contributed by atoms with Crippen LogP contribution in [0.2, 0.25) is 0 Å². The molecule has 2 aromatic carbocycles. The summed E-state index contributed by atoms with van der Waals surface area (Å²) >= 11 is 1.32. The van der Waals surface area contributed by atoms with Crippen LogP contribution in [-0.4, -0.2) is 38.8 Å². The largest absolute Gasteiger partial charge is 0.486 e. The van der Waals surface area contributed by atoms with Crippen LogP contribution in [0.5, 0.6) is 11.5 Å². The number of carbonyl (C=O) groups is 1. The summed E-state index contributed by atoms with van der Waals surface area (Å²) in [6.07, 6.45) is 1.61. The summed E-state index contributed by atoms with van der Waals surface area (Å²) in [5.74, 6) is 0.892. The standard InChI is InChI=1S/C19H13N5O5S/c25-18(13-5-6-23(22-13)11-1-3-12(4-2-11)24(26)27)21-19-20-14-9-15-16(10-17(14)30-19)29-8-7-28-15/h1-6,9-10H,7-8H2,(H,20,21,25). The third kappa shape index (κ3) is 3.31. The molecule has 0 bridgehead atoms. The van der Waals surface area contributed by atoms with E-state index in [1.807, 2.05) is 6.07 Å². The van der Waals surface area contributed by atoms with E-state index < -0.39 is 10.8 Å². The molecule has 0 fully saturated rings. The lowest BCUT2D eigenvalue weighted by Crippen LogP contribution is -2.15. The van der Waals surface area contributed by atoms with E-state index in [0.717, 1.165) is 4.70 Å². The Kier molecular flexibility index (Phi) is 4.29. The predicted octanol–water partition coefficient (Wildman–Crippen LogP) is 3.41. The highest BCUT2D eigenvalue weighted by Gasteiger charge is 2.17. The number of amides is 1. The van der Waals surface area contributed by atoms with Crippen molar-refractivity contribution in [3.63, 3.8) is 0 Å². The van der Waals surface area contributed by atoms with Gasteiger partial charge in [-0.3, -0.25) is 20.2 Å². The zero-order valence-corrected chi connectivity index (χ0v) is 16.1. The van der Waals surface area contributed by atoms with Crippen molar-refractivity contribution < 1.29 is 19.2 Å². The van der Waals surface area contributed by atoms with Gasteiger partial charge >= 0.3 is 0 Å². The number of nitro groups is 1. The van der Waals surface area contributed by atoms with Gasteiger partial charge in [-0.15, -0.1) is 0 Å². The Balaban J connectivity index is 1.35. The van der Waals surface area contributed by atoms with Gasteiger partial charge in [0.2, 0.25) is 0 Å². The minimum absolute atomic E-state index is 0.0165. The topological polar surface area (TPSA) is 121 Å². The maximum atomic E-state index is 12.6. The Bertz CT molecular complexity index is 1240. The molecule has 0 atom stereocenters. The normalized spacial score (nSPS) is 12.7. The highest BCUT2D eigenvalue weighted by Crippen LogP contribution is 2.37. The molecular weight excluding hydrogens is 410 g/mol. The number of carbonyl (C=O) groups excluding carboxylic acids is 1. The van der Waals surface area contributed by atoms with E-state index in [1.54, 1.807) is 30.5 Å². The van der Waals surface area contributed by atoms with Gasteiger partial charge in [0.15, 0.2) is 22.3 Å². The molecule has 3 heterocycles. The van der Waals surface area contributed by atoms with Crippen LogP contribution in [0.15, 0.2) is 48.7 Å². The van der Waals surface area contributed by atoms with Gasteiger partial charge in [0.05, 0.1) is 20.8 Å². The summed E-state index contributed by atoms with van der Waals surface area (Å²) in [7, 11) is 0. The number of aromatic nitrogens is 3. The number of hydrogen-bond donors (Lipinski definition) is 1. The number of hydrogen-bond acceptors (Lipinski definition) is 8. The van der Waals surface area contributed by atoms with Crippen molar-refractivity contribution in [1.29, 1.82) is 0 Å². The van der Waals surface area contributed by atoms with E-state index in [9.17, 15) is 14.9 Å². The summed E-state index contributed by atoms with van der Waals surface area (Å²) in [5, 5.41) is 18.2. The van der Waals surface area contributed by atoms with Crippen molar-refractivity contribution in [1.82, 2.24) is 14.8 Å². The third-order valence-corrected chi connectivity index (χ3v) is 5.35. The second-order valence-electron chi connectivity index (χ2n) is 6.36. The molecule has 0 saturated carbocycles. The number of benzene rings is 2. The fourth-order valence-corrected chi connectivity index (χ4v) is 3.87. The summed E-state index contributed by atoms with van der Waals surface area (Å²) in [4.78, 5) is 27.3. The molecule has 4 aromatic rings. The second-order valence-corrected chi connectivity index (χ2v) is 7.39. The lowest BCUT2D eigenvalue weighted by molar-refractivity contribution is -0.384. The first-order valence-electron chi connectivity index (χ1n) is 8.89. The molecule has 0 spiro atoms. The van der Waals surface area contributed by atoms with Gasteiger partial charge in [0, 0.05) is 30.5 Å². The molecule has 150 valence electrons. The maximum Gasteiger partial charge on any atom is 0.277 e. The van der Waals surface area contributed by atoms with Crippen LogP contribution < -0.4 is 14.8 Å². The summed E-state index contributed by atoms with van der Waals surface area (Å²) in [5.41, 5.74) is 1.48. The molecule has 1 amide bonds. The number of nitrogens with zero attached hydrogens (tertiary/aromatic N) is 4. The van der Waals surface area contributed by atoms with Crippen LogP contribution in [0.3, 0.4) is 0 Å². The van der Waals surface area contributed by atoms with Crippen LogP contribution >= 0.6 is 11.3 Å². The van der Waals surface area contributed by atoms with Crippen molar-refractivity contribution in [2.24, 2.45) is 0 Å². The van der Waals surface area contributed by atoms with E-state index in [4.69, 9.17) is 9.47 Å². The minimum Gasteiger partial charge on any atom is -0.486 e. The quantitative estimate of drug-likeness (QED) is 0.394. The first kappa shape index (κ1) is 18.1. The molecule has 30 heavy (non-hydrogen) atoms. The van der Waals surface area contributed by atoms with Crippen molar-refractivity contribution in [2.75, 3.05) is 18.5 Å². The molecule has 0 aliphatic carbocycles. The lowest BCUT2D eigenvalue weighted by atomic mass is 10.3. The Labute approximate surface area is 172 Å². The van der Waals surface area contributed by atoms with Crippen molar-refractivity contribution in [3.8, 4) is 17.2 Å². The Morgan fingerprint density at radius 1 is 1.13 bits per heavy atom.